The second kappa shape index (κ2) is 5.39. The predicted octanol–water partition coefficient (Wildman–Crippen LogP) is 2.03. The molecular weight excluding hydrogens is 266 g/mol. The van der Waals surface area contributed by atoms with Crippen LogP contribution < -0.4 is 5.73 Å². The first-order chi connectivity index (χ1) is 10.2. The molecule has 3 N–H and O–H groups in total. The summed E-state index contributed by atoms with van der Waals surface area (Å²) < 4.78 is 0. The van der Waals surface area contributed by atoms with Gasteiger partial charge in [-0.2, -0.15) is 0 Å². The summed E-state index contributed by atoms with van der Waals surface area (Å²) >= 11 is 0. The zero-order valence-electron chi connectivity index (χ0n) is 12.2. The summed E-state index contributed by atoms with van der Waals surface area (Å²) in [5.41, 5.74) is 8.90. The molecule has 2 unspecified atom stereocenters. The Morgan fingerprint density at radius 3 is 3.05 bits per heavy atom. The molecule has 3 rings (SSSR count). The zero-order chi connectivity index (χ0) is 15.0. The van der Waals surface area contributed by atoms with Crippen molar-refractivity contribution in [2.24, 2.45) is 16.8 Å². The van der Waals surface area contributed by atoms with Gasteiger partial charge in [0.2, 0.25) is 5.91 Å². The second-order valence-corrected chi connectivity index (χ2v) is 5.89. The van der Waals surface area contributed by atoms with E-state index in [1.165, 1.54) is 5.56 Å². The van der Waals surface area contributed by atoms with E-state index in [2.05, 4.69) is 18.1 Å². The highest BCUT2D eigenvalue weighted by Crippen LogP contribution is 2.46. The van der Waals surface area contributed by atoms with Gasteiger partial charge in [0.15, 0.2) is 5.84 Å². The van der Waals surface area contributed by atoms with E-state index in [0.717, 1.165) is 36.9 Å². The van der Waals surface area contributed by atoms with Crippen LogP contribution in [0.5, 0.6) is 0 Å². The molecule has 1 aromatic rings. The molecule has 2 aliphatic rings. The van der Waals surface area contributed by atoms with E-state index in [9.17, 15) is 4.79 Å². The van der Waals surface area contributed by atoms with Crippen LogP contribution in [0, 0.1) is 5.92 Å². The first-order valence-corrected chi connectivity index (χ1v) is 7.56. The molecule has 1 aromatic carbocycles. The third-order valence-electron chi connectivity index (χ3n) is 4.68. The van der Waals surface area contributed by atoms with Crippen LogP contribution >= 0.6 is 0 Å². The number of oxime groups is 1. The smallest absolute Gasteiger partial charge is 0.223 e. The molecule has 0 aromatic heterocycles. The van der Waals surface area contributed by atoms with Crippen LogP contribution in [0.3, 0.4) is 0 Å². The van der Waals surface area contributed by atoms with Crippen molar-refractivity contribution in [3.8, 4) is 0 Å². The zero-order valence-corrected chi connectivity index (χ0v) is 12.2. The number of amidine groups is 1. The lowest BCUT2D eigenvalue weighted by molar-refractivity contribution is -0.129. The maximum absolute atomic E-state index is 12.3. The standard InChI is InChI=1S/C16H21N3O2/c1-2-8-19-14(20)9-10-6-7-11-12(15(10)19)4-3-5-13(11)16(17)18-21/h3-5,10,15,21H,2,6-9H2,1H3,(H2,17,18). The molecule has 112 valence electrons. The summed E-state index contributed by atoms with van der Waals surface area (Å²) in [5, 5.41) is 12.1. The highest BCUT2D eigenvalue weighted by atomic mass is 16.4. The van der Waals surface area contributed by atoms with Crippen molar-refractivity contribution < 1.29 is 10.0 Å². The summed E-state index contributed by atoms with van der Waals surface area (Å²) in [5.74, 6) is 0.810. The summed E-state index contributed by atoms with van der Waals surface area (Å²) in [6, 6.07) is 6.06. The van der Waals surface area contributed by atoms with Gasteiger partial charge in [-0.25, -0.2) is 0 Å². The van der Waals surface area contributed by atoms with E-state index < -0.39 is 0 Å². The average molecular weight is 287 g/mol. The molecule has 1 amide bonds. The topological polar surface area (TPSA) is 78.9 Å². The minimum absolute atomic E-state index is 0.150. The minimum Gasteiger partial charge on any atom is -0.409 e. The molecule has 21 heavy (non-hydrogen) atoms. The summed E-state index contributed by atoms with van der Waals surface area (Å²) in [7, 11) is 0. The number of carbonyl (C=O) groups is 1. The molecule has 0 radical (unpaired) electrons. The molecular formula is C16H21N3O2. The van der Waals surface area contributed by atoms with Crippen LogP contribution in [0.4, 0.5) is 0 Å². The van der Waals surface area contributed by atoms with Crippen molar-refractivity contribution in [3.05, 3.63) is 34.9 Å². The number of hydrogen-bond donors (Lipinski definition) is 2. The quantitative estimate of drug-likeness (QED) is 0.386. The van der Waals surface area contributed by atoms with E-state index in [1.54, 1.807) is 0 Å². The maximum atomic E-state index is 12.3. The number of nitrogens with two attached hydrogens (primary N) is 1. The summed E-state index contributed by atoms with van der Waals surface area (Å²) in [6.45, 7) is 2.89. The van der Waals surface area contributed by atoms with E-state index in [0.29, 0.717) is 12.3 Å². The van der Waals surface area contributed by atoms with Crippen LogP contribution in [-0.4, -0.2) is 28.4 Å². The van der Waals surface area contributed by atoms with Crippen molar-refractivity contribution in [3.63, 3.8) is 0 Å². The molecule has 1 saturated heterocycles. The molecule has 0 spiro atoms. The number of benzene rings is 1. The fourth-order valence-electron chi connectivity index (χ4n) is 3.83. The molecule has 1 aliphatic heterocycles. The second-order valence-electron chi connectivity index (χ2n) is 5.89. The van der Waals surface area contributed by atoms with Crippen LogP contribution in [-0.2, 0) is 11.2 Å². The Balaban J connectivity index is 2.07. The lowest BCUT2D eigenvalue weighted by Gasteiger charge is -2.34. The van der Waals surface area contributed by atoms with E-state index in [1.807, 2.05) is 17.0 Å². The Hall–Kier alpha value is -2.04. The number of likely N-dealkylation sites (tertiary alicyclic amines) is 1. The van der Waals surface area contributed by atoms with Crippen LogP contribution in [0.25, 0.3) is 0 Å². The molecule has 1 aliphatic carbocycles. The fourth-order valence-corrected chi connectivity index (χ4v) is 3.83. The van der Waals surface area contributed by atoms with Gasteiger partial charge in [0.1, 0.15) is 0 Å². The monoisotopic (exact) mass is 287 g/mol. The molecule has 5 heteroatoms. The van der Waals surface area contributed by atoms with Crippen LogP contribution in [0.1, 0.15) is 48.9 Å². The number of amides is 1. The lowest BCUT2D eigenvalue weighted by Crippen LogP contribution is -2.33. The first-order valence-electron chi connectivity index (χ1n) is 7.56. The largest absolute Gasteiger partial charge is 0.409 e. The Labute approximate surface area is 124 Å². The normalized spacial score (nSPS) is 24.9. The molecule has 0 saturated carbocycles. The third kappa shape index (κ3) is 2.17. The van der Waals surface area contributed by atoms with Gasteiger partial charge in [0, 0.05) is 18.5 Å². The SMILES string of the molecule is CCCN1C(=O)CC2CCc3c(C(N)=NO)cccc3C21. The molecule has 2 atom stereocenters. The van der Waals surface area contributed by atoms with Crippen LogP contribution in [0.15, 0.2) is 23.4 Å². The van der Waals surface area contributed by atoms with Gasteiger partial charge in [-0.05, 0) is 36.3 Å². The Bertz CT molecular complexity index is 597. The predicted molar refractivity (Wildman–Crippen MR) is 80.1 cm³/mol. The van der Waals surface area contributed by atoms with Gasteiger partial charge in [-0.15, -0.1) is 0 Å². The Kier molecular flexibility index (Phi) is 3.57. The number of nitrogens with zero attached hydrogens (tertiary/aromatic N) is 2. The number of fused-ring (bicyclic) bond motifs is 3. The van der Waals surface area contributed by atoms with E-state index >= 15 is 0 Å². The van der Waals surface area contributed by atoms with E-state index in [-0.39, 0.29) is 17.8 Å². The molecule has 5 nitrogen and oxygen atoms in total. The van der Waals surface area contributed by atoms with Crippen molar-refractivity contribution in [1.29, 1.82) is 0 Å². The first kappa shape index (κ1) is 13.9. The Morgan fingerprint density at radius 2 is 2.33 bits per heavy atom. The fraction of sp³-hybridized carbons (Fsp3) is 0.500. The molecule has 1 fully saturated rings. The van der Waals surface area contributed by atoms with Gasteiger partial charge >= 0.3 is 0 Å². The third-order valence-corrected chi connectivity index (χ3v) is 4.68. The summed E-state index contributed by atoms with van der Waals surface area (Å²) in [6.07, 6.45) is 3.48. The van der Waals surface area contributed by atoms with Crippen LogP contribution in [0.2, 0.25) is 0 Å². The molecule has 1 heterocycles. The Morgan fingerprint density at radius 1 is 1.52 bits per heavy atom. The van der Waals surface area contributed by atoms with Gasteiger partial charge in [0.05, 0.1) is 6.04 Å². The van der Waals surface area contributed by atoms with Crippen molar-refractivity contribution in [2.75, 3.05) is 6.54 Å². The number of carbonyl (C=O) groups excluding carboxylic acids is 1. The molecule has 0 bridgehead atoms. The van der Waals surface area contributed by atoms with Gasteiger partial charge < -0.3 is 15.8 Å². The highest BCUT2D eigenvalue weighted by molar-refractivity contribution is 5.99. The maximum Gasteiger partial charge on any atom is 0.223 e. The number of rotatable bonds is 3. The van der Waals surface area contributed by atoms with Gasteiger partial charge in [-0.3, -0.25) is 4.79 Å². The number of hydrogen-bond acceptors (Lipinski definition) is 3. The van der Waals surface area contributed by atoms with Gasteiger partial charge in [0.25, 0.3) is 0 Å². The highest BCUT2D eigenvalue weighted by Gasteiger charge is 2.43. The van der Waals surface area contributed by atoms with Crippen molar-refractivity contribution in [2.45, 2.75) is 38.6 Å². The van der Waals surface area contributed by atoms with Crippen molar-refractivity contribution >= 4 is 11.7 Å². The minimum atomic E-state index is 0.150. The van der Waals surface area contributed by atoms with Crippen molar-refractivity contribution in [1.82, 2.24) is 4.90 Å². The van der Waals surface area contributed by atoms with Gasteiger partial charge in [-0.1, -0.05) is 30.3 Å². The lowest BCUT2D eigenvalue weighted by atomic mass is 9.78. The average Bonchev–Trinajstić information content (AvgIpc) is 2.82. The summed E-state index contributed by atoms with van der Waals surface area (Å²) in [4.78, 5) is 14.3. The van der Waals surface area contributed by atoms with E-state index in [4.69, 9.17) is 10.9 Å².